The van der Waals surface area contributed by atoms with Crippen LogP contribution in [0.1, 0.15) is 59.2 Å². The highest BCUT2D eigenvalue weighted by Crippen LogP contribution is 2.33. The fourth-order valence-electron chi connectivity index (χ4n) is 5.49. The first-order valence-electron chi connectivity index (χ1n) is 15.3. The number of hydrogen-bond donors (Lipinski definition) is 3. The Hall–Kier alpha value is -5.79. The molecule has 1 saturated heterocycles. The summed E-state index contributed by atoms with van der Waals surface area (Å²) < 4.78 is 16.7. The number of nitrogens with zero attached hydrogens (tertiary/aromatic N) is 3. The van der Waals surface area contributed by atoms with E-state index < -0.39 is 42.2 Å². The number of piperidine rings is 1. The number of rotatable bonds is 14. The first kappa shape index (κ1) is 31.2. The molecule has 47 heavy (non-hydrogen) atoms. The topological polar surface area (TPSA) is 182 Å². The predicted octanol–water partition coefficient (Wildman–Crippen LogP) is 3.66. The van der Waals surface area contributed by atoms with Gasteiger partial charge in [-0.25, -0.2) is 14.8 Å². The molecule has 4 heterocycles. The number of benzene rings is 2. The number of esters is 1. The van der Waals surface area contributed by atoms with E-state index in [9.17, 15) is 24.0 Å². The fourth-order valence-corrected chi connectivity index (χ4v) is 5.49. The van der Waals surface area contributed by atoms with E-state index in [1.54, 1.807) is 0 Å². The molecule has 2 aliphatic rings. The number of anilines is 2. The van der Waals surface area contributed by atoms with Crippen molar-refractivity contribution in [2.24, 2.45) is 0 Å². The summed E-state index contributed by atoms with van der Waals surface area (Å²) in [6, 6.07) is 12.9. The van der Waals surface area contributed by atoms with Gasteiger partial charge in [0.05, 0.1) is 29.7 Å². The number of aromatic amines is 1. The summed E-state index contributed by atoms with van der Waals surface area (Å²) >= 11 is 0. The molecule has 1 fully saturated rings. The standard InChI is InChI=1S/C33H32N6O8/c40-26-12-11-24(31(42)38-26)39-32(43)22-9-6-10-25(28(22)33(39)44)47-18-27(41)46-16-4-2-1-3-15-45-21-8-5-7-20(17-21)37-30-23-13-14-34-29(23)35-19-36-30/h5-10,13-14,17,19,24H,1-4,11-12,15-16,18H2,(H,38,40,42)(H2,34,35,36,37). The molecule has 2 aromatic carbocycles. The number of imide groups is 2. The van der Waals surface area contributed by atoms with Crippen molar-refractivity contribution in [3.63, 3.8) is 0 Å². The highest BCUT2D eigenvalue weighted by molar-refractivity contribution is 6.24. The molecule has 0 spiro atoms. The molecule has 4 amide bonds. The van der Waals surface area contributed by atoms with Gasteiger partial charge in [0, 0.05) is 24.4 Å². The number of aromatic nitrogens is 3. The van der Waals surface area contributed by atoms with Gasteiger partial charge < -0.3 is 24.5 Å². The predicted molar refractivity (Wildman–Crippen MR) is 167 cm³/mol. The Balaban J connectivity index is 0.882. The summed E-state index contributed by atoms with van der Waals surface area (Å²) in [5, 5.41) is 6.35. The maximum atomic E-state index is 13.1. The average Bonchev–Trinajstić information content (AvgIpc) is 3.65. The third-order valence-electron chi connectivity index (χ3n) is 7.80. The van der Waals surface area contributed by atoms with Crippen LogP contribution in [0, 0.1) is 0 Å². The molecule has 242 valence electrons. The maximum Gasteiger partial charge on any atom is 0.344 e. The van der Waals surface area contributed by atoms with E-state index in [1.165, 1.54) is 24.5 Å². The molecule has 6 rings (SSSR count). The summed E-state index contributed by atoms with van der Waals surface area (Å²) in [5.41, 5.74) is 1.65. The van der Waals surface area contributed by atoms with Crippen LogP contribution in [0.25, 0.3) is 11.0 Å². The molecule has 0 radical (unpaired) electrons. The summed E-state index contributed by atoms with van der Waals surface area (Å²) in [6.07, 6.45) is 6.58. The lowest BCUT2D eigenvalue weighted by Gasteiger charge is -2.27. The van der Waals surface area contributed by atoms with Crippen molar-refractivity contribution in [1.29, 1.82) is 0 Å². The van der Waals surface area contributed by atoms with Crippen molar-refractivity contribution in [2.75, 3.05) is 25.1 Å². The molecule has 3 N–H and O–H groups in total. The first-order valence-corrected chi connectivity index (χ1v) is 15.3. The van der Waals surface area contributed by atoms with Crippen molar-refractivity contribution in [3.05, 3.63) is 72.2 Å². The van der Waals surface area contributed by atoms with Crippen molar-refractivity contribution >= 4 is 52.1 Å². The third kappa shape index (κ3) is 7.06. The smallest absolute Gasteiger partial charge is 0.344 e. The van der Waals surface area contributed by atoms with E-state index >= 15 is 0 Å². The van der Waals surface area contributed by atoms with Gasteiger partial charge in [0.15, 0.2) is 6.61 Å². The highest BCUT2D eigenvalue weighted by Gasteiger charge is 2.46. The zero-order chi connectivity index (χ0) is 32.8. The Bertz CT molecular complexity index is 1840. The monoisotopic (exact) mass is 640 g/mol. The van der Waals surface area contributed by atoms with Gasteiger partial charge in [-0.3, -0.25) is 29.4 Å². The van der Waals surface area contributed by atoms with Gasteiger partial charge in [-0.05, 0) is 62.4 Å². The number of fused-ring (bicyclic) bond motifs is 2. The SMILES string of the molecule is O=C1CCC(N2C(=O)c3cccc(OCC(=O)OCCCCCCOc4cccc(Nc5ncnc6[nH]ccc56)c4)c3C2=O)C(=O)N1. The lowest BCUT2D eigenvalue weighted by atomic mass is 10.0. The van der Waals surface area contributed by atoms with Crippen LogP contribution in [0.15, 0.2) is 61.1 Å². The Morgan fingerprint density at radius 1 is 0.936 bits per heavy atom. The second kappa shape index (κ2) is 14.1. The largest absolute Gasteiger partial charge is 0.494 e. The van der Waals surface area contributed by atoms with Crippen LogP contribution >= 0.6 is 0 Å². The lowest BCUT2D eigenvalue weighted by Crippen LogP contribution is -2.54. The molecule has 14 heteroatoms. The molecular formula is C33H32N6O8. The van der Waals surface area contributed by atoms with Gasteiger partial charge in [0.2, 0.25) is 11.8 Å². The van der Waals surface area contributed by atoms with Crippen LogP contribution in [0.5, 0.6) is 11.5 Å². The molecular weight excluding hydrogens is 608 g/mol. The fraction of sp³-hybridized carbons (Fsp3) is 0.303. The minimum atomic E-state index is -1.09. The van der Waals surface area contributed by atoms with E-state index in [2.05, 4.69) is 25.6 Å². The van der Waals surface area contributed by atoms with Crippen molar-refractivity contribution in [3.8, 4) is 11.5 Å². The minimum Gasteiger partial charge on any atom is -0.494 e. The Morgan fingerprint density at radius 2 is 1.77 bits per heavy atom. The van der Waals surface area contributed by atoms with Gasteiger partial charge in [-0.1, -0.05) is 12.1 Å². The van der Waals surface area contributed by atoms with Crippen LogP contribution in [0.3, 0.4) is 0 Å². The Morgan fingerprint density at radius 3 is 2.62 bits per heavy atom. The third-order valence-corrected chi connectivity index (χ3v) is 7.80. The van der Waals surface area contributed by atoms with Crippen LogP contribution in [0.4, 0.5) is 11.5 Å². The van der Waals surface area contributed by atoms with E-state index in [0.717, 1.165) is 46.6 Å². The Kier molecular flexibility index (Phi) is 9.36. The van der Waals surface area contributed by atoms with Crippen molar-refractivity contribution in [1.82, 2.24) is 25.2 Å². The van der Waals surface area contributed by atoms with Crippen LogP contribution < -0.4 is 20.1 Å². The minimum absolute atomic E-state index is 0.0174. The summed E-state index contributed by atoms with van der Waals surface area (Å²) in [5.74, 6) is -1.65. The number of unbranched alkanes of at least 4 members (excludes halogenated alkanes) is 3. The van der Waals surface area contributed by atoms with Crippen molar-refractivity contribution < 1.29 is 38.2 Å². The number of hydrogen-bond acceptors (Lipinski definition) is 11. The molecule has 4 aromatic rings. The number of amides is 4. The molecule has 0 bridgehead atoms. The average molecular weight is 641 g/mol. The highest BCUT2D eigenvalue weighted by atomic mass is 16.6. The molecule has 2 aromatic heterocycles. The molecule has 1 atom stereocenters. The van der Waals surface area contributed by atoms with Gasteiger partial charge >= 0.3 is 5.97 Å². The first-order chi connectivity index (χ1) is 22.9. The number of H-pyrrole nitrogens is 1. The van der Waals surface area contributed by atoms with Gasteiger partial charge in [-0.2, -0.15) is 0 Å². The van der Waals surface area contributed by atoms with E-state index in [1.807, 2.05) is 36.5 Å². The second-order valence-electron chi connectivity index (χ2n) is 11.0. The molecule has 0 aliphatic carbocycles. The molecule has 0 saturated carbocycles. The van der Waals surface area contributed by atoms with Crippen molar-refractivity contribution in [2.45, 2.75) is 44.6 Å². The normalized spacial score (nSPS) is 15.8. The zero-order valence-electron chi connectivity index (χ0n) is 25.3. The van der Waals surface area contributed by atoms with Gasteiger partial charge in [0.1, 0.15) is 35.3 Å². The van der Waals surface area contributed by atoms with Gasteiger partial charge in [-0.15, -0.1) is 0 Å². The van der Waals surface area contributed by atoms with Crippen LogP contribution in [-0.4, -0.2) is 75.3 Å². The zero-order valence-corrected chi connectivity index (χ0v) is 25.3. The van der Waals surface area contributed by atoms with E-state index in [4.69, 9.17) is 14.2 Å². The Labute approximate surface area is 268 Å². The quantitative estimate of drug-likeness (QED) is 0.104. The number of nitrogens with one attached hydrogen (secondary N) is 3. The lowest BCUT2D eigenvalue weighted by molar-refractivity contribution is -0.146. The van der Waals surface area contributed by atoms with E-state index in [-0.39, 0.29) is 36.3 Å². The number of ether oxygens (including phenoxy) is 3. The second-order valence-corrected chi connectivity index (χ2v) is 11.0. The summed E-state index contributed by atoms with van der Waals surface area (Å²) in [4.78, 5) is 74.6. The van der Waals surface area contributed by atoms with Gasteiger partial charge in [0.25, 0.3) is 11.8 Å². The summed E-state index contributed by atoms with van der Waals surface area (Å²) in [7, 11) is 0. The molecule has 1 unspecified atom stereocenters. The van der Waals surface area contributed by atoms with Crippen LogP contribution in [-0.2, 0) is 19.1 Å². The van der Waals surface area contributed by atoms with Crippen LogP contribution in [0.2, 0.25) is 0 Å². The summed E-state index contributed by atoms with van der Waals surface area (Å²) in [6.45, 7) is 0.295. The number of carbonyl (C=O) groups is 5. The molecule has 14 nitrogen and oxygen atoms in total. The molecule has 2 aliphatic heterocycles. The number of carbonyl (C=O) groups excluding carboxylic acids is 5. The van der Waals surface area contributed by atoms with E-state index in [0.29, 0.717) is 18.8 Å². The maximum absolute atomic E-state index is 13.1.